The van der Waals surface area contributed by atoms with Crippen LogP contribution in [0.3, 0.4) is 0 Å². The summed E-state index contributed by atoms with van der Waals surface area (Å²) in [6, 6.07) is 4.28. The molecule has 6 nitrogen and oxygen atoms in total. The van der Waals surface area contributed by atoms with Gasteiger partial charge in [-0.1, -0.05) is 0 Å². The number of rotatable bonds is 4. The molecule has 1 unspecified atom stereocenters. The van der Waals surface area contributed by atoms with Crippen LogP contribution in [0.25, 0.3) is 10.9 Å². The Morgan fingerprint density at radius 3 is 2.65 bits per heavy atom. The molecule has 1 aromatic heterocycles. The number of aromatic nitrogens is 1. The molecule has 1 aromatic carbocycles. The first-order valence-electron chi connectivity index (χ1n) is 5.79. The van der Waals surface area contributed by atoms with Crippen LogP contribution in [-0.2, 0) is 6.54 Å². The van der Waals surface area contributed by atoms with Gasteiger partial charge in [-0.3, -0.25) is 4.79 Å². The molecule has 0 radical (unpaired) electrons. The summed E-state index contributed by atoms with van der Waals surface area (Å²) in [6.45, 7) is -0.847. The van der Waals surface area contributed by atoms with Crippen molar-refractivity contribution >= 4 is 16.9 Å². The molecule has 0 saturated heterocycles. The third-order valence-corrected chi connectivity index (χ3v) is 2.90. The molecule has 0 saturated carbocycles. The monoisotopic (exact) mass is 281 g/mol. The van der Waals surface area contributed by atoms with Crippen molar-refractivity contribution in [2.75, 3.05) is 6.61 Å². The quantitative estimate of drug-likeness (QED) is 0.743. The molecule has 1 heterocycles. The number of aliphatic hydroxyl groups excluding tert-OH is 2. The molecule has 0 bridgehead atoms. The van der Waals surface area contributed by atoms with Gasteiger partial charge in [-0.15, -0.1) is 0 Å². The SMILES string of the molecule is O=C(O)c1cc(=O)c2ccc(F)cc2n1CC(O)CO. The number of carboxylic acid groups (broad SMARTS) is 1. The van der Waals surface area contributed by atoms with Crippen molar-refractivity contribution in [3.8, 4) is 0 Å². The van der Waals surface area contributed by atoms with Gasteiger partial charge in [-0.05, 0) is 18.2 Å². The summed E-state index contributed by atoms with van der Waals surface area (Å²) >= 11 is 0. The molecule has 20 heavy (non-hydrogen) atoms. The van der Waals surface area contributed by atoms with Crippen LogP contribution in [-0.4, -0.2) is 38.6 Å². The highest BCUT2D eigenvalue weighted by atomic mass is 19.1. The van der Waals surface area contributed by atoms with Gasteiger partial charge in [0.2, 0.25) is 0 Å². The van der Waals surface area contributed by atoms with Gasteiger partial charge in [-0.25, -0.2) is 9.18 Å². The maximum absolute atomic E-state index is 13.3. The molecule has 0 aliphatic rings. The van der Waals surface area contributed by atoms with E-state index in [1.165, 1.54) is 6.07 Å². The summed E-state index contributed by atoms with van der Waals surface area (Å²) in [4.78, 5) is 23.0. The van der Waals surface area contributed by atoms with Gasteiger partial charge in [0.25, 0.3) is 0 Å². The van der Waals surface area contributed by atoms with Gasteiger partial charge in [0.1, 0.15) is 11.5 Å². The Hall–Kier alpha value is -2.25. The second-order valence-electron chi connectivity index (χ2n) is 4.31. The topological polar surface area (TPSA) is 99.8 Å². The van der Waals surface area contributed by atoms with E-state index in [2.05, 4.69) is 0 Å². The first kappa shape index (κ1) is 14.2. The van der Waals surface area contributed by atoms with Crippen LogP contribution in [0.15, 0.2) is 29.1 Å². The van der Waals surface area contributed by atoms with E-state index < -0.39 is 29.9 Å². The second kappa shape index (κ2) is 5.40. The van der Waals surface area contributed by atoms with Gasteiger partial charge in [0.15, 0.2) is 5.43 Å². The van der Waals surface area contributed by atoms with Crippen molar-refractivity contribution in [2.45, 2.75) is 12.6 Å². The highest BCUT2D eigenvalue weighted by Gasteiger charge is 2.17. The fourth-order valence-electron chi connectivity index (χ4n) is 1.99. The van der Waals surface area contributed by atoms with Crippen LogP contribution < -0.4 is 5.43 Å². The molecule has 2 aromatic rings. The zero-order valence-corrected chi connectivity index (χ0v) is 10.3. The molecule has 106 valence electrons. The van der Waals surface area contributed by atoms with Crippen LogP contribution in [0.4, 0.5) is 4.39 Å². The summed E-state index contributed by atoms with van der Waals surface area (Å²) in [7, 11) is 0. The van der Waals surface area contributed by atoms with E-state index in [9.17, 15) is 19.1 Å². The number of fused-ring (bicyclic) bond motifs is 1. The zero-order valence-electron chi connectivity index (χ0n) is 10.3. The summed E-state index contributed by atoms with van der Waals surface area (Å²) in [5, 5.41) is 27.6. The van der Waals surface area contributed by atoms with E-state index in [1.807, 2.05) is 0 Å². The highest BCUT2D eigenvalue weighted by Crippen LogP contribution is 2.16. The molecule has 1 atom stereocenters. The Balaban J connectivity index is 2.80. The van der Waals surface area contributed by atoms with E-state index >= 15 is 0 Å². The molecule has 3 N–H and O–H groups in total. The third kappa shape index (κ3) is 2.54. The number of aliphatic hydroxyl groups is 2. The Kier molecular flexibility index (Phi) is 3.82. The number of carboxylic acids is 1. The normalized spacial score (nSPS) is 12.6. The predicted octanol–water partition coefficient (Wildman–Crippen LogP) is 0.192. The Morgan fingerprint density at radius 2 is 2.05 bits per heavy atom. The second-order valence-corrected chi connectivity index (χ2v) is 4.31. The fourth-order valence-corrected chi connectivity index (χ4v) is 1.99. The van der Waals surface area contributed by atoms with Crippen molar-refractivity contribution < 1.29 is 24.5 Å². The first-order valence-corrected chi connectivity index (χ1v) is 5.79. The van der Waals surface area contributed by atoms with Crippen molar-refractivity contribution in [1.29, 1.82) is 0 Å². The maximum atomic E-state index is 13.3. The number of pyridine rings is 1. The molecule has 0 amide bonds. The Morgan fingerprint density at radius 1 is 1.35 bits per heavy atom. The number of halogens is 1. The zero-order chi connectivity index (χ0) is 14.9. The van der Waals surface area contributed by atoms with E-state index in [1.54, 1.807) is 0 Å². The van der Waals surface area contributed by atoms with Gasteiger partial charge in [0, 0.05) is 11.5 Å². The standard InChI is InChI=1S/C13H12FNO5/c14-7-1-2-9-10(3-7)15(5-8(17)6-16)11(13(19)20)4-12(9)18/h1-4,8,16-17H,5-6H2,(H,19,20). The van der Waals surface area contributed by atoms with Gasteiger partial charge in [-0.2, -0.15) is 0 Å². The van der Waals surface area contributed by atoms with Crippen molar-refractivity contribution in [3.63, 3.8) is 0 Å². The van der Waals surface area contributed by atoms with E-state index in [4.69, 9.17) is 10.2 Å². The largest absolute Gasteiger partial charge is 0.477 e. The number of carbonyl (C=O) groups is 1. The molecule has 0 aliphatic carbocycles. The lowest BCUT2D eigenvalue weighted by atomic mass is 10.1. The number of hydrogen-bond donors (Lipinski definition) is 3. The van der Waals surface area contributed by atoms with E-state index in [0.717, 1.165) is 22.8 Å². The molecular formula is C13H12FNO5. The summed E-state index contributed by atoms with van der Waals surface area (Å²) < 4.78 is 14.4. The first-order chi connectivity index (χ1) is 9.43. The summed E-state index contributed by atoms with van der Waals surface area (Å²) in [5.74, 6) is -2.01. The smallest absolute Gasteiger partial charge is 0.352 e. The van der Waals surface area contributed by atoms with Crippen LogP contribution in [0, 0.1) is 5.82 Å². The lowest BCUT2D eigenvalue weighted by molar-refractivity contribution is 0.0656. The van der Waals surface area contributed by atoms with Gasteiger partial charge < -0.3 is 19.9 Å². The predicted molar refractivity (Wildman–Crippen MR) is 68.2 cm³/mol. The van der Waals surface area contributed by atoms with Gasteiger partial charge in [0.05, 0.1) is 24.8 Å². The molecule has 0 aliphatic heterocycles. The minimum Gasteiger partial charge on any atom is -0.477 e. The van der Waals surface area contributed by atoms with E-state index in [0.29, 0.717) is 0 Å². The van der Waals surface area contributed by atoms with Crippen LogP contribution in [0.5, 0.6) is 0 Å². The number of hydrogen-bond acceptors (Lipinski definition) is 4. The van der Waals surface area contributed by atoms with Crippen molar-refractivity contribution in [3.05, 3.63) is 46.0 Å². The van der Waals surface area contributed by atoms with Crippen LogP contribution >= 0.6 is 0 Å². The molecule has 7 heteroatoms. The molecule has 0 fully saturated rings. The maximum Gasteiger partial charge on any atom is 0.352 e. The van der Waals surface area contributed by atoms with Crippen LogP contribution in [0.2, 0.25) is 0 Å². The lowest BCUT2D eigenvalue weighted by Crippen LogP contribution is -2.26. The molecular weight excluding hydrogens is 269 g/mol. The average Bonchev–Trinajstić information content (AvgIpc) is 2.40. The lowest BCUT2D eigenvalue weighted by Gasteiger charge is -2.17. The van der Waals surface area contributed by atoms with Gasteiger partial charge >= 0.3 is 5.97 Å². The highest BCUT2D eigenvalue weighted by molar-refractivity contribution is 5.90. The molecule has 0 spiro atoms. The minimum atomic E-state index is -1.38. The summed E-state index contributed by atoms with van der Waals surface area (Å²) in [5.41, 5.74) is -0.866. The molecule has 2 rings (SSSR count). The number of benzene rings is 1. The van der Waals surface area contributed by atoms with Crippen molar-refractivity contribution in [2.24, 2.45) is 0 Å². The Labute approximate surface area is 112 Å². The fraction of sp³-hybridized carbons (Fsp3) is 0.231. The van der Waals surface area contributed by atoms with Crippen LogP contribution in [0.1, 0.15) is 10.5 Å². The average molecular weight is 281 g/mol. The number of nitrogens with zero attached hydrogens (tertiary/aromatic N) is 1. The van der Waals surface area contributed by atoms with E-state index in [-0.39, 0.29) is 23.1 Å². The summed E-state index contributed by atoms with van der Waals surface area (Å²) in [6.07, 6.45) is -1.22. The minimum absolute atomic E-state index is 0.0578. The van der Waals surface area contributed by atoms with Crippen molar-refractivity contribution in [1.82, 2.24) is 4.57 Å². The number of aromatic carboxylic acids is 1. The Bertz CT molecular complexity index is 725. The third-order valence-electron chi connectivity index (χ3n) is 2.90.